The van der Waals surface area contributed by atoms with Gasteiger partial charge in [0.05, 0.1) is 25.8 Å². The normalized spacial score (nSPS) is 11.8. The Bertz CT molecular complexity index is 701. The highest BCUT2D eigenvalue weighted by Gasteiger charge is 2.21. The maximum Gasteiger partial charge on any atom is 0.310 e. The number of halogens is 1. The van der Waals surface area contributed by atoms with E-state index < -0.39 is 0 Å². The molecule has 2 rings (SSSR count). The molecule has 0 saturated heterocycles. The standard InChI is InChI=1S/C19H24ClN3O3/c1-15(19(25)26-2)13-23(10-3-9-22-11-8-21-14-22)18(24)12-16-4-6-17(20)7-5-16/h4-8,11,14-15H,3,9-10,12-13H2,1-2H3. The van der Waals surface area contributed by atoms with Gasteiger partial charge in [-0.2, -0.15) is 0 Å². The zero-order valence-electron chi connectivity index (χ0n) is 15.1. The molecule has 0 spiro atoms. The maximum absolute atomic E-state index is 12.8. The summed E-state index contributed by atoms with van der Waals surface area (Å²) in [6.45, 7) is 3.43. The SMILES string of the molecule is COC(=O)C(C)CN(CCCn1ccnc1)C(=O)Cc1ccc(Cl)cc1. The summed E-state index contributed by atoms with van der Waals surface area (Å²) in [6, 6.07) is 7.22. The summed E-state index contributed by atoms with van der Waals surface area (Å²) in [5.41, 5.74) is 0.893. The largest absolute Gasteiger partial charge is 0.469 e. The number of ether oxygens (including phenoxy) is 1. The lowest BCUT2D eigenvalue weighted by Gasteiger charge is -2.25. The van der Waals surface area contributed by atoms with Crippen molar-refractivity contribution in [3.05, 3.63) is 53.6 Å². The summed E-state index contributed by atoms with van der Waals surface area (Å²) < 4.78 is 6.75. The van der Waals surface area contributed by atoms with E-state index in [-0.39, 0.29) is 24.2 Å². The van der Waals surface area contributed by atoms with Crippen LogP contribution in [0.3, 0.4) is 0 Å². The van der Waals surface area contributed by atoms with Gasteiger partial charge in [-0.3, -0.25) is 9.59 Å². The number of carbonyl (C=O) groups is 2. The molecule has 0 aliphatic heterocycles. The fourth-order valence-electron chi connectivity index (χ4n) is 2.68. The van der Waals surface area contributed by atoms with Gasteiger partial charge >= 0.3 is 5.97 Å². The molecule has 1 heterocycles. The molecule has 26 heavy (non-hydrogen) atoms. The van der Waals surface area contributed by atoms with Crippen molar-refractivity contribution in [2.45, 2.75) is 26.3 Å². The van der Waals surface area contributed by atoms with Gasteiger partial charge in [0.1, 0.15) is 0 Å². The first-order valence-corrected chi connectivity index (χ1v) is 8.93. The van der Waals surface area contributed by atoms with Crippen LogP contribution in [0.2, 0.25) is 5.02 Å². The molecule has 140 valence electrons. The van der Waals surface area contributed by atoms with Gasteiger partial charge in [-0.05, 0) is 24.1 Å². The predicted molar refractivity (Wildman–Crippen MR) is 99.8 cm³/mol. The number of methoxy groups -OCH3 is 1. The predicted octanol–water partition coefficient (Wildman–Crippen LogP) is 2.81. The second-order valence-electron chi connectivity index (χ2n) is 6.22. The number of imidazole rings is 1. The highest BCUT2D eigenvalue weighted by molar-refractivity contribution is 6.30. The number of rotatable bonds is 9. The lowest BCUT2D eigenvalue weighted by molar-refractivity contribution is -0.146. The molecule has 1 aromatic heterocycles. The zero-order valence-corrected chi connectivity index (χ0v) is 15.9. The minimum absolute atomic E-state index is 0.0197. The molecule has 1 unspecified atom stereocenters. The van der Waals surface area contributed by atoms with Gasteiger partial charge in [0.15, 0.2) is 0 Å². The van der Waals surface area contributed by atoms with E-state index in [1.807, 2.05) is 22.9 Å². The van der Waals surface area contributed by atoms with Gasteiger partial charge in [-0.15, -0.1) is 0 Å². The van der Waals surface area contributed by atoms with Crippen molar-refractivity contribution in [3.63, 3.8) is 0 Å². The Morgan fingerprint density at radius 1 is 1.31 bits per heavy atom. The van der Waals surface area contributed by atoms with Gasteiger partial charge in [-0.25, -0.2) is 4.98 Å². The van der Waals surface area contributed by atoms with Crippen molar-refractivity contribution in [1.29, 1.82) is 0 Å². The van der Waals surface area contributed by atoms with E-state index >= 15 is 0 Å². The van der Waals surface area contributed by atoms with Crippen molar-refractivity contribution in [2.75, 3.05) is 20.2 Å². The summed E-state index contributed by atoms with van der Waals surface area (Å²) in [7, 11) is 1.36. The monoisotopic (exact) mass is 377 g/mol. The highest BCUT2D eigenvalue weighted by Crippen LogP contribution is 2.12. The third-order valence-electron chi connectivity index (χ3n) is 4.12. The number of benzene rings is 1. The molecule has 0 saturated carbocycles. The molecule has 2 aromatic rings. The van der Waals surface area contributed by atoms with Crippen LogP contribution in [-0.4, -0.2) is 46.5 Å². The van der Waals surface area contributed by atoms with Crippen LogP contribution in [-0.2, 0) is 27.3 Å². The highest BCUT2D eigenvalue weighted by atomic mass is 35.5. The number of hydrogen-bond acceptors (Lipinski definition) is 4. The van der Waals surface area contributed by atoms with Crippen LogP contribution >= 0.6 is 11.6 Å². The number of nitrogens with zero attached hydrogens (tertiary/aromatic N) is 3. The third-order valence-corrected chi connectivity index (χ3v) is 4.37. The quantitative estimate of drug-likeness (QED) is 0.630. The lowest BCUT2D eigenvalue weighted by atomic mass is 10.1. The molecule has 1 atom stereocenters. The summed E-state index contributed by atoms with van der Waals surface area (Å²) in [5, 5.41) is 0.637. The fourth-order valence-corrected chi connectivity index (χ4v) is 2.80. The van der Waals surface area contributed by atoms with E-state index in [0.29, 0.717) is 18.1 Å². The molecule has 0 aliphatic carbocycles. The zero-order chi connectivity index (χ0) is 18.9. The van der Waals surface area contributed by atoms with Gasteiger partial charge < -0.3 is 14.2 Å². The molecule has 0 aliphatic rings. The Balaban J connectivity index is 1.98. The van der Waals surface area contributed by atoms with Crippen molar-refractivity contribution >= 4 is 23.5 Å². The molecule has 0 fully saturated rings. The molecule has 1 aromatic carbocycles. The third kappa shape index (κ3) is 6.19. The van der Waals surface area contributed by atoms with Crippen molar-refractivity contribution < 1.29 is 14.3 Å². The van der Waals surface area contributed by atoms with Crippen LogP contribution in [0.1, 0.15) is 18.9 Å². The average Bonchev–Trinajstić information content (AvgIpc) is 3.15. The molecule has 0 radical (unpaired) electrons. The second-order valence-corrected chi connectivity index (χ2v) is 6.66. The van der Waals surface area contributed by atoms with E-state index in [1.54, 1.807) is 36.5 Å². The minimum Gasteiger partial charge on any atom is -0.469 e. The summed E-state index contributed by atoms with van der Waals surface area (Å²) in [4.78, 5) is 30.2. The lowest BCUT2D eigenvalue weighted by Crippen LogP contribution is -2.39. The van der Waals surface area contributed by atoms with Crippen LogP contribution in [0.15, 0.2) is 43.0 Å². The van der Waals surface area contributed by atoms with Crippen LogP contribution < -0.4 is 0 Å². The molecule has 1 amide bonds. The van der Waals surface area contributed by atoms with Crippen LogP contribution in [0.5, 0.6) is 0 Å². The van der Waals surface area contributed by atoms with Crippen LogP contribution in [0, 0.1) is 5.92 Å². The number of esters is 1. The molecule has 0 N–H and O–H groups in total. The average molecular weight is 378 g/mol. The number of amides is 1. The maximum atomic E-state index is 12.8. The van der Waals surface area contributed by atoms with Gasteiger partial charge in [0.25, 0.3) is 0 Å². The first-order valence-electron chi connectivity index (χ1n) is 8.55. The first kappa shape index (κ1) is 20.0. The van der Waals surface area contributed by atoms with E-state index in [9.17, 15) is 9.59 Å². The van der Waals surface area contributed by atoms with Crippen LogP contribution in [0.4, 0.5) is 0 Å². The smallest absolute Gasteiger partial charge is 0.310 e. The molecule has 6 nitrogen and oxygen atoms in total. The Kier molecular flexibility index (Phi) is 7.66. The Labute approximate surface area is 158 Å². The molecule has 0 bridgehead atoms. The Morgan fingerprint density at radius 2 is 2.04 bits per heavy atom. The summed E-state index contributed by atoms with van der Waals surface area (Å²) >= 11 is 5.89. The van der Waals surface area contributed by atoms with Crippen molar-refractivity contribution in [2.24, 2.45) is 5.92 Å². The summed E-state index contributed by atoms with van der Waals surface area (Å²) in [5.74, 6) is -0.708. The van der Waals surface area contributed by atoms with Gasteiger partial charge in [0, 0.05) is 37.1 Å². The van der Waals surface area contributed by atoms with E-state index in [2.05, 4.69) is 4.98 Å². The first-order chi connectivity index (χ1) is 12.5. The second kappa shape index (κ2) is 9.97. The summed E-state index contributed by atoms with van der Waals surface area (Å²) in [6.07, 6.45) is 6.41. The molecule has 7 heteroatoms. The number of aryl methyl sites for hydroxylation is 1. The number of aromatic nitrogens is 2. The topological polar surface area (TPSA) is 64.4 Å². The van der Waals surface area contributed by atoms with Crippen LogP contribution in [0.25, 0.3) is 0 Å². The molecular weight excluding hydrogens is 354 g/mol. The minimum atomic E-state index is -0.373. The van der Waals surface area contributed by atoms with Crippen molar-refractivity contribution in [3.8, 4) is 0 Å². The van der Waals surface area contributed by atoms with Gasteiger partial charge in [0.2, 0.25) is 5.91 Å². The number of carbonyl (C=O) groups excluding carboxylic acids is 2. The Hall–Kier alpha value is -2.34. The van der Waals surface area contributed by atoms with Crippen molar-refractivity contribution in [1.82, 2.24) is 14.5 Å². The molecular formula is C19H24ClN3O3. The fraction of sp³-hybridized carbons (Fsp3) is 0.421. The number of hydrogen-bond donors (Lipinski definition) is 0. The Morgan fingerprint density at radius 3 is 2.65 bits per heavy atom. The van der Waals surface area contributed by atoms with E-state index in [4.69, 9.17) is 16.3 Å². The van der Waals surface area contributed by atoms with Gasteiger partial charge in [-0.1, -0.05) is 30.7 Å². The van der Waals surface area contributed by atoms with E-state index in [0.717, 1.165) is 18.5 Å². The van der Waals surface area contributed by atoms with E-state index in [1.165, 1.54) is 7.11 Å².